The van der Waals surface area contributed by atoms with E-state index >= 15 is 0 Å². The molecule has 2 aliphatic rings. The maximum atomic E-state index is 11.8. The number of hydrogen-bond acceptors (Lipinski definition) is 4. The van der Waals surface area contributed by atoms with Crippen molar-refractivity contribution >= 4 is 5.97 Å². The van der Waals surface area contributed by atoms with Crippen LogP contribution in [0, 0.1) is 0 Å². The Morgan fingerprint density at radius 3 is 2.94 bits per heavy atom. The van der Waals surface area contributed by atoms with E-state index in [0.717, 1.165) is 38.0 Å². The first-order valence-corrected chi connectivity index (χ1v) is 6.15. The Morgan fingerprint density at radius 2 is 2.24 bits per heavy atom. The summed E-state index contributed by atoms with van der Waals surface area (Å²) in [6.45, 7) is 5.21. The monoisotopic (exact) mass is 232 g/mol. The first kappa shape index (κ1) is 10.7. The highest BCUT2D eigenvalue weighted by Gasteiger charge is 2.47. The van der Waals surface area contributed by atoms with Crippen molar-refractivity contribution in [2.45, 2.75) is 25.4 Å². The second-order valence-electron chi connectivity index (χ2n) is 4.74. The second-order valence-corrected chi connectivity index (χ2v) is 4.74. The third-order valence-electron chi connectivity index (χ3n) is 3.93. The summed E-state index contributed by atoms with van der Waals surface area (Å²) in [5.74, 6) is -0.210. The molecule has 0 saturated carbocycles. The quantitative estimate of drug-likeness (QED) is 0.689. The molecule has 3 rings (SSSR count). The number of rotatable bonds is 1. The van der Waals surface area contributed by atoms with Crippen molar-refractivity contribution in [3.63, 3.8) is 0 Å². The summed E-state index contributed by atoms with van der Waals surface area (Å²) >= 11 is 0. The van der Waals surface area contributed by atoms with E-state index in [9.17, 15) is 4.79 Å². The lowest BCUT2D eigenvalue weighted by Crippen LogP contribution is -2.42. The molecule has 4 heteroatoms. The lowest BCUT2D eigenvalue weighted by molar-refractivity contribution is -0.0421. The standard InChI is InChI=1S/C13H16N2O2/c1-2-15-7-4-13(5-8-15)11-3-6-14-9-10(11)12(16)17-13/h3,6,9H,2,4-5,7-8H2,1H3. The molecule has 3 heterocycles. The van der Waals surface area contributed by atoms with Gasteiger partial charge >= 0.3 is 5.97 Å². The molecule has 90 valence electrons. The van der Waals surface area contributed by atoms with Crippen molar-refractivity contribution in [2.24, 2.45) is 0 Å². The van der Waals surface area contributed by atoms with Crippen LogP contribution in [0.5, 0.6) is 0 Å². The van der Waals surface area contributed by atoms with E-state index < -0.39 is 0 Å². The molecule has 0 aliphatic carbocycles. The number of likely N-dealkylation sites (tertiary alicyclic amines) is 1. The number of hydrogen-bond donors (Lipinski definition) is 0. The smallest absolute Gasteiger partial charge is 0.341 e. The predicted octanol–water partition coefficient (Wildman–Crippen LogP) is 1.56. The molecule has 0 atom stereocenters. The number of ether oxygens (including phenoxy) is 1. The summed E-state index contributed by atoms with van der Waals surface area (Å²) in [5, 5.41) is 0. The Bertz CT molecular complexity index is 450. The van der Waals surface area contributed by atoms with Crippen molar-refractivity contribution in [1.29, 1.82) is 0 Å². The molecule has 1 saturated heterocycles. The summed E-state index contributed by atoms with van der Waals surface area (Å²) in [6, 6.07) is 1.93. The van der Waals surface area contributed by atoms with E-state index in [-0.39, 0.29) is 11.6 Å². The first-order valence-electron chi connectivity index (χ1n) is 6.15. The molecule has 17 heavy (non-hydrogen) atoms. The van der Waals surface area contributed by atoms with Crippen molar-refractivity contribution in [3.8, 4) is 0 Å². The number of fused-ring (bicyclic) bond motifs is 2. The van der Waals surface area contributed by atoms with Crippen molar-refractivity contribution in [3.05, 3.63) is 29.6 Å². The van der Waals surface area contributed by atoms with Gasteiger partial charge in [-0.3, -0.25) is 4.98 Å². The van der Waals surface area contributed by atoms with Gasteiger partial charge in [0.15, 0.2) is 0 Å². The highest BCUT2D eigenvalue weighted by Crippen LogP contribution is 2.43. The van der Waals surface area contributed by atoms with Crippen LogP contribution >= 0.6 is 0 Å². The van der Waals surface area contributed by atoms with Crippen LogP contribution in [0.25, 0.3) is 0 Å². The number of piperidine rings is 1. The van der Waals surface area contributed by atoms with Crippen LogP contribution in [0.3, 0.4) is 0 Å². The van der Waals surface area contributed by atoms with E-state index in [2.05, 4.69) is 16.8 Å². The van der Waals surface area contributed by atoms with Crippen LogP contribution in [0.1, 0.15) is 35.7 Å². The number of pyridine rings is 1. The third kappa shape index (κ3) is 1.55. The Balaban J connectivity index is 1.93. The minimum atomic E-state index is -0.374. The molecule has 0 amide bonds. The van der Waals surface area contributed by atoms with Gasteiger partial charge in [-0.05, 0) is 12.6 Å². The maximum absolute atomic E-state index is 11.8. The van der Waals surface area contributed by atoms with E-state index in [1.807, 2.05) is 6.07 Å². The molecular weight excluding hydrogens is 216 g/mol. The Hall–Kier alpha value is -1.42. The minimum absolute atomic E-state index is 0.210. The van der Waals surface area contributed by atoms with Gasteiger partial charge in [0.1, 0.15) is 5.60 Å². The van der Waals surface area contributed by atoms with Gasteiger partial charge in [-0.1, -0.05) is 6.92 Å². The zero-order valence-corrected chi connectivity index (χ0v) is 9.98. The summed E-state index contributed by atoms with van der Waals surface area (Å²) in [6.07, 6.45) is 5.15. The number of nitrogens with zero attached hydrogens (tertiary/aromatic N) is 2. The van der Waals surface area contributed by atoms with Crippen molar-refractivity contribution in [1.82, 2.24) is 9.88 Å². The fourth-order valence-corrected chi connectivity index (χ4v) is 2.84. The fraction of sp³-hybridized carbons (Fsp3) is 0.538. The molecule has 1 spiro atoms. The normalized spacial score (nSPS) is 22.5. The summed E-state index contributed by atoms with van der Waals surface area (Å²) in [4.78, 5) is 18.2. The fourth-order valence-electron chi connectivity index (χ4n) is 2.84. The molecule has 4 nitrogen and oxygen atoms in total. The number of esters is 1. The van der Waals surface area contributed by atoms with Gasteiger partial charge in [-0.2, -0.15) is 0 Å². The SMILES string of the molecule is CCN1CCC2(CC1)OC(=O)c1cnccc12. The van der Waals surface area contributed by atoms with Gasteiger partial charge in [0, 0.05) is 43.9 Å². The molecule has 0 unspecified atom stereocenters. The molecule has 1 aromatic heterocycles. The Kier molecular flexibility index (Phi) is 2.40. The van der Waals surface area contributed by atoms with Crippen LogP contribution in [0.2, 0.25) is 0 Å². The van der Waals surface area contributed by atoms with E-state index in [1.54, 1.807) is 12.4 Å². The molecule has 0 aromatic carbocycles. The van der Waals surface area contributed by atoms with Crippen LogP contribution < -0.4 is 0 Å². The van der Waals surface area contributed by atoms with Crippen LogP contribution in [0.15, 0.2) is 18.5 Å². The van der Waals surface area contributed by atoms with Gasteiger partial charge in [-0.25, -0.2) is 4.79 Å². The summed E-state index contributed by atoms with van der Waals surface area (Å²) < 4.78 is 5.65. The van der Waals surface area contributed by atoms with Gasteiger partial charge in [-0.15, -0.1) is 0 Å². The minimum Gasteiger partial charge on any atom is -0.450 e. The lowest BCUT2D eigenvalue weighted by Gasteiger charge is -2.38. The lowest BCUT2D eigenvalue weighted by atomic mass is 9.84. The van der Waals surface area contributed by atoms with Gasteiger partial charge in [0.2, 0.25) is 0 Å². The van der Waals surface area contributed by atoms with E-state index in [0.29, 0.717) is 5.56 Å². The maximum Gasteiger partial charge on any atom is 0.341 e. The van der Waals surface area contributed by atoms with E-state index in [1.165, 1.54) is 0 Å². The summed E-state index contributed by atoms with van der Waals surface area (Å²) in [5.41, 5.74) is 1.31. The topological polar surface area (TPSA) is 42.4 Å². The zero-order chi connectivity index (χ0) is 11.9. The molecule has 1 fully saturated rings. The Morgan fingerprint density at radius 1 is 1.47 bits per heavy atom. The van der Waals surface area contributed by atoms with Crippen LogP contribution in [0.4, 0.5) is 0 Å². The summed E-state index contributed by atoms with van der Waals surface area (Å²) in [7, 11) is 0. The molecule has 0 radical (unpaired) electrons. The number of carbonyl (C=O) groups excluding carboxylic acids is 1. The average molecular weight is 232 g/mol. The number of aromatic nitrogens is 1. The molecular formula is C13H16N2O2. The van der Waals surface area contributed by atoms with E-state index in [4.69, 9.17) is 4.74 Å². The molecule has 0 N–H and O–H groups in total. The molecule has 1 aromatic rings. The van der Waals surface area contributed by atoms with Gasteiger partial charge in [0.05, 0.1) is 5.56 Å². The Labute approximate surface area is 101 Å². The second kappa shape index (κ2) is 3.81. The predicted molar refractivity (Wildman–Crippen MR) is 62.7 cm³/mol. The van der Waals surface area contributed by atoms with Crippen molar-refractivity contribution in [2.75, 3.05) is 19.6 Å². The third-order valence-corrected chi connectivity index (χ3v) is 3.93. The highest BCUT2D eigenvalue weighted by molar-refractivity contribution is 5.94. The van der Waals surface area contributed by atoms with Gasteiger partial charge < -0.3 is 9.64 Å². The first-order chi connectivity index (χ1) is 8.25. The molecule has 0 bridgehead atoms. The van der Waals surface area contributed by atoms with Crippen LogP contribution in [-0.2, 0) is 10.3 Å². The largest absolute Gasteiger partial charge is 0.450 e. The van der Waals surface area contributed by atoms with Crippen LogP contribution in [-0.4, -0.2) is 35.5 Å². The van der Waals surface area contributed by atoms with Crippen molar-refractivity contribution < 1.29 is 9.53 Å². The molecule has 2 aliphatic heterocycles. The van der Waals surface area contributed by atoms with Gasteiger partial charge in [0.25, 0.3) is 0 Å². The number of carbonyl (C=O) groups is 1. The zero-order valence-electron chi connectivity index (χ0n) is 9.98. The average Bonchev–Trinajstić information content (AvgIpc) is 2.65. The highest BCUT2D eigenvalue weighted by atomic mass is 16.6.